The average molecular weight is 268 g/mol. The highest BCUT2D eigenvalue weighted by atomic mass is 35.5. The molecule has 0 bridgehead atoms. The van der Waals surface area contributed by atoms with Gasteiger partial charge < -0.3 is 9.84 Å². The zero-order valence-electron chi connectivity index (χ0n) is 9.95. The van der Waals surface area contributed by atoms with E-state index in [0.717, 1.165) is 5.75 Å². The quantitative estimate of drug-likeness (QED) is 0.901. The molecule has 96 valence electrons. The molecule has 2 rings (SSSR count). The maximum absolute atomic E-state index is 9.31. The predicted octanol–water partition coefficient (Wildman–Crippen LogP) is 2.06. The fraction of sp³-hybridized carbons (Fsp3) is 0.333. The van der Waals surface area contributed by atoms with Crippen molar-refractivity contribution < 1.29 is 9.84 Å². The molecule has 0 saturated carbocycles. The van der Waals surface area contributed by atoms with Crippen molar-refractivity contribution in [1.82, 2.24) is 15.0 Å². The van der Waals surface area contributed by atoms with E-state index in [9.17, 15) is 5.11 Å². The van der Waals surface area contributed by atoms with Crippen molar-refractivity contribution >= 4 is 11.6 Å². The lowest BCUT2D eigenvalue weighted by atomic mass is 10.3. The summed E-state index contributed by atoms with van der Waals surface area (Å²) in [6.45, 7) is 2.67. The lowest BCUT2D eigenvalue weighted by Gasteiger charge is -2.05. The summed E-state index contributed by atoms with van der Waals surface area (Å²) >= 11 is 5.84. The fourth-order valence-electron chi connectivity index (χ4n) is 1.43. The van der Waals surface area contributed by atoms with Crippen molar-refractivity contribution in [2.45, 2.75) is 19.6 Å². The van der Waals surface area contributed by atoms with E-state index < -0.39 is 6.10 Å². The van der Waals surface area contributed by atoms with Gasteiger partial charge in [0.05, 0.1) is 18.8 Å². The largest absolute Gasteiger partial charge is 0.492 e. The van der Waals surface area contributed by atoms with Crippen LogP contribution in [0.25, 0.3) is 0 Å². The summed E-state index contributed by atoms with van der Waals surface area (Å²) in [4.78, 5) is 0. The summed E-state index contributed by atoms with van der Waals surface area (Å²) in [6.07, 6.45) is 1.10. The van der Waals surface area contributed by atoms with E-state index in [1.807, 2.05) is 12.1 Å². The number of aliphatic hydroxyl groups is 1. The van der Waals surface area contributed by atoms with Gasteiger partial charge in [0.15, 0.2) is 0 Å². The third-order valence-electron chi connectivity index (χ3n) is 2.37. The van der Waals surface area contributed by atoms with Gasteiger partial charge in [-0.05, 0) is 25.1 Å². The molecule has 1 N–H and O–H groups in total. The molecule has 0 aliphatic rings. The standard InChI is InChI=1S/C12H14ClN3O2/c1-9(17)12-8-16(15-14-12)5-6-18-11-4-2-3-10(13)7-11/h2-4,7-9,17H,5-6H2,1H3. The number of halogens is 1. The molecule has 1 unspecified atom stereocenters. The van der Waals surface area contributed by atoms with Crippen molar-refractivity contribution in [2.75, 3.05) is 6.61 Å². The summed E-state index contributed by atoms with van der Waals surface area (Å²) in [5.41, 5.74) is 0.553. The molecule has 1 aromatic heterocycles. The van der Waals surface area contributed by atoms with Gasteiger partial charge in [-0.15, -0.1) is 5.10 Å². The molecule has 2 aromatic rings. The third-order valence-corrected chi connectivity index (χ3v) is 2.60. The van der Waals surface area contributed by atoms with Crippen molar-refractivity contribution in [3.05, 3.63) is 41.2 Å². The predicted molar refractivity (Wildman–Crippen MR) is 67.6 cm³/mol. The number of hydrogen-bond donors (Lipinski definition) is 1. The highest BCUT2D eigenvalue weighted by molar-refractivity contribution is 6.30. The zero-order valence-corrected chi connectivity index (χ0v) is 10.7. The van der Waals surface area contributed by atoms with Gasteiger partial charge in [-0.3, -0.25) is 0 Å². The minimum Gasteiger partial charge on any atom is -0.492 e. The van der Waals surface area contributed by atoms with E-state index in [2.05, 4.69) is 10.3 Å². The highest BCUT2D eigenvalue weighted by Crippen LogP contribution is 2.17. The van der Waals surface area contributed by atoms with Gasteiger partial charge in [0.1, 0.15) is 18.1 Å². The fourth-order valence-corrected chi connectivity index (χ4v) is 1.61. The number of nitrogens with zero attached hydrogens (tertiary/aromatic N) is 3. The van der Waals surface area contributed by atoms with Crippen molar-refractivity contribution in [1.29, 1.82) is 0 Å². The molecule has 1 heterocycles. The SMILES string of the molecule is CC(O)c1cn(CCOc2cccc(Cl)c2)nn1. The van der Waals surface area contributed by atoms with Crippen LogP contribution >= 0.6 is 11.6 Å². The summed E-state index contributed by atoms with van der Waals surface area (Å²) in [6, 6.07) is 7.22. The number of benzene rings is 1. The Morgan fingerprint density at radius 3 is 3.00 bits per heavy atom. The molecule has 0 fully saturated rings. The topological polar surface area (TPSA) is 60.2 Å². The van der Waals surface area contributed by atoms with Crippen LogP contribution < -0.4 is 4.74 Å². The lowest BCUT2D eigenvalue weighted by Crippen LogP contribution is -2.08. The second-order valence-electron chi connectivity index (χ2n) is 3.89. The molecule has 0 saturated heterocycles. The Balaban J connectivity index is 1.84. The minimum atomic E-state index is -0.604. The second-order valence-corrected chi connectivity index (χ2v) is 4.32. The minimum absolute atomic E-state index is 0.461. The lowest BCUT2D eigenvalue weighted by molar-refractivity contribution is 0.194. The van der Waals surface area contributed by atoms with Crippen LogP contribution in [0.5, 0.6) is 5.75 Å². The van der Waals surface area contributed by atoms with Crippen LogP contribution in [0, 0.1) is 0 Å². The molecular formula is C12H14ClN3O2. The number of aromatic nitrogens is 3. The van der Waals surface area contributed by atoms with Crippen molar-refractivity contribution in [3.63, 3.8) is 0 Å². The van der Waals surface area contributed by atoms with E-state index in [1.54, 1.807) is 29.9 Å². The molecule has 5 nitrogen and oxygen atoms in total. The van der Waals surface area contributed by atoms with Crippen LogP contribution in [-0.4, -0.2) is 26.7 Å². The number of ether oxygens (including phenoxy) is 1. The van der Waals surface area contributed by atoms with Crippen LogP contribution in [0.15, 0.2) is 30.5 Å². The Morgan fingerprint density at radius 2 is 2.33 bits per heavy atom. The molecule has 0 radical (unpaired) electrons. The Morgan fingerprint density at radius 1 is 1.50 bits per heavy atom. The Bertz CT molecular complexity index is 514. The first-order chi connectivity index (χ1) is 8.65. The molecule has 18 heavy (non-hydrogen) atoms. The first kappa shape index (κ1) is 12.9. The van der Waals surface area contributed by atoms with Gasteiger partial charge in [0.2, 0.25) is 0 Å². The summed E-state index contributed by atoms with van der Waals surface area (Å²) in [7, 11) is 0. The molecule has 0 aliphatic carbocycles. The van der Waals surface area contributed by atoms with Crippen LogP contribution in [0.1, 0.15) is 18.7 Å². The van der Waals surface area contributed by atoms with Crippen molar-refractivity contribution in [2.24, 2.45) is 0 Å². The summed E-state index contributed by atoms with van der Waals surface area (Å²) in [5, 5.41) is 17.7. The smallest absolute Gasteiger partial charge is 0.120 e. The van der Waals surface area contributed by atoms with E-state index in [1.165, 1.54) is 0 Å². The van der Waals surface area contributed by atoms with Gasteiger partial charge in [-0.2, -0.15) is 0 Å². The molecule has 1 atom stereocenters. The summed E-state index contributed by atoms with van der Waals surface area (Å²) < 4.78 is 7.16. The van der Waals surface area contributed by atoms with Crippen LogP contribution in [0.3, 0.4) is 0 Å². The normalized spacial score (nSPS) is 12.4. The molecule has 1 aromatic carbocycles. The van der Waals surface area contributed by atoms with Gasteiger partial charge in [0.25, 0.3) is 0 Å². The maximum Gasteiger partial charge on any atom is 0.120 e. The molecule has 6 heteroatoms. The highest BCUT2D eigenvalue weighted by Gasteiger charge is 2.05. The monoisotopic (exact) mass is 267 g/mol. The second kappa shape index (κ2) is 5.84. The van der Waals surface area contributed by atoms with E-state index >= 15 is 0 Å². The Kier molecular flexibility index (Phi) is 4.17. The third kappa shape index (κ3) is 3.45. The number of hydrogen-bond acceptors (Lipinski definition) is 4. The zero-order chi connectivity index (χ0) is 13.0. The Hall–Kier alpha value is -1.59. The molecular weight excluding hydrogens is 254 g/mol. The van der Waals surface area contributed by atoms with Crippen molar-refractivity contribution in [3.8, 4) is 5.75 Å². The first-order valence-corrected chi connectivity index (χ1v) is 5.99. The van der Waals surface area contributed by atoms with Gasteiger partial charge >= 0.3 is 0 Å². The average Bonchev–Trinajstić information content (AvgIpc) is 2.78. The molecule has 0 aliphatic heterocycles. The Labute approximate surface area is 110 Å². The molecule has 0 spiro atoms. The first-order valence-electron chi connectivity index (χ1n) is 5.61. The van der Waals surface area contributed by atoms with Crippen LogP contribution in [-0.2, 0) is 6.54 Å². The van der Waals surface area contributed by atoms with Crippen LogP contribution in [0.2, 0.25) is 5.02 Å². The van der Waals surface area contributed by atoms with Crippen LogP contribution in [0.4, 0.5) is 0 Å². The van der Waals surface area contributed by atoms with Gasteiger partial charge in [0, 0.05) is 5.02 Å². The maximum atomic E-state index is 9.31. The van der Waals surface area contributed by atoms with Gasteiger partial charge in [-0.25, -0.2) is 4.68 Å². The number of aliphatic hydroxyl groups excluding tert-OH is 1. The van der Waals surface area contributed by atoms with E-state index in [-0.39, 0.29) is 0 Å². The molecule has 0 amide bonds. The number of rotatable bonds is 5. The summed E-state index contributed by atoms with van der Waals surface area (Å²) in [5.74, 6) is 0.721. The van der Waals surface area contributed by atoms with E-state index in [4.69, 9.17) is 16.3 Å². The van der Waals surface area contributed by atoms with E-state index in [0.29, 0.717) is 23.9 Å². The van der Waals surface area contributed by atoms with Gasteiger partial charge in [-0.1, -0.05) is 22.9 Å².